The number of thiazole rings is 1. The van der Waals surface area contributed by atoms with Crippen LogP contribution in [-0.2, 0) is 4.79 Å². The molecule has 0 N–H and O–H groups in total. The van der Waals surface area contributed by atoms with Gasteiger partial charge >= 0.3 is 0 Å². The lowest BCUT2D eigenvalue weighted by Crippen LogP contribution is -2.52. The molecule has 1 atom stereocenters. The van der Waals surface area contributed by atoms with E-state index in [1.165, 1.54) is 11.0 Å². The van der Waals surface area contributed by atoms with E-state index < -0.39 is 0 Å². The molecule has 2 aromatic heterocycles. The Morgan fingerprint density at radius 1 is 1.03 bits per heavy atom. The summed E-state index contributed by atoms with van der Waals surface area (Å²) in [7, 11) is 0. The molecule has 2 amide bonds. The van der Waals surface area contributed by atoms with Crippen molar-refractivity contribution >= 4 is 33.4 Å². The molecule has 0 bridgehead atoms. The van der Waals surface area contributed by atoms with Crippen molar-refractivity contribution < 1.29 is 14.0 Å². The number of piperidine rings is 1. The Kier molecular flexibility index (Phi) is 5.74. The van der Waals surface area contributed by atoms with Crippen LogP contribution in [0.5, 0.6) is 0 Å². The lowest BCUT2D eigenvalue weighted by atomic mass is 9.98. The summed E-state index contributed by atoms with van der Waals surface area (Å²) in [5.41, 5.74) is 1.05. The molecule has 0 radical (unpaired) electrons. The van der Waals surface area contributed by atoms with Crippen molar-refractivity contribution in [1.29, 1.82) is 0 Å². The number of hydrogen-bond acceptors (Lipinski definition) is 6. The Balaban J connectivity index is 1.15. The molecule has 0 unspecified atom stereocenters. The van der Waals surface area contributed by atoms with E-state index in [4.69, 9.17) is 9.40 Å². The minimum absolute atomic E-state index is 0.0781. The number of likely N-dealkylation sites (tertiary alicyclic amines) is 1. The van der Waals surface area contributed by atoms with Gasteiger partial charge in [0, 0.05) is 45.2 Å². The first kappa shape index (κ1) is 20.2. The molecule has 7 nitrogen and oxygen atoms in total. The van der Waals surface area contributed by atoms with Crippen LogP contribution in [0.4, 0.5) is 0 Å². The molecule has 0 spiro atoms. The molecule has 31 heavy (non-hydrogen) atoms. The number of hydrogen-bond donors (Lipinski definition) is 0. The van der Waals surface area contributed by atoms with Crippen molar-refractivity contribution in [3.8, 4) is 0 Å². The number of nitrogens with zero attached hydrogens (tertiary/aromatic N) is 4. The lowest BCUT2D eigenvalue weighted by molar-refractivity contribution is -0.134. The SMILES string of the molecule is O=C(CN1CCN(C(=O)c2ccco2)CC1)N1CCC[C@@H](c2nc3ccccc3s2)C1. The zero-order valence-electron chi connectivity index (χ0n) is 17.4. The third kappa shape index (κ3) is 4.36. The highest BCUT2D eigenvalue weighted by Crippen LogP contribution is 2.33. The fourth-order valence-corrected chi connectivity index (χ4v) is 5.52. The van der Waals surface area contributed by atoms with Gasteiger partial charge in [-0.15, -0.1) is 11.3 Å². The molecule has 2 fully saturated rings. The van der Waals surface area contributed by atoms with E-state index in [-0.39, 0.29) is 11.8 Å². The first-order chi connectivity index (χ1) is 15.2. The Bertz CT molecular complexity index is 1020. The number of rotatable bonds is 4. The maximum atomic E-state index is 13.0. The molecule has 0 saturated carbocycles. The summed E-state index contributed by atoms with van der Waals surface area (Å²) in [6.45, 7) is 4.60. The average molecular weight is 439 g/mol. The van der Waals surface area contributed by atoms with Gasteiger partial charge in [0.05, 0.1) is 28.0 Å². The number of carbonyl (C=O) groups is 2. The number of amides is 2. The third-order valence-corrected chi connectivity index (χ3v) is 7.38. The lowest BCUT2D eigenvalue weighted by Gasteiger charge is -2.36. The molecule has 8 heteroatoms. The van der Waals surface area contributed by atoms with Crippen LogP contribution in [0.3, 0.4) is 0 Å². The number of fused-ring (bicyclic) bond motifs is 1. The second kappa shape index (κ2) is 8.80. The quantitative estimate of drug-likeness (QED) is 0.626. The summed E-state index contributed by atoms with van der Waals surface area (Å²) in [4.78, 5) is 36.2. The van der Waals surface area contributed by atoms with E-state index >= 15 is 0 Å². The first-order valence-corrected chi connectivity index (χ1v) is 11.7. The molecular formula is C23H26N4O3S. The van der Waals surface area contributed by atoms with E-state index in [9.17, 15) is 9.59 Å². The number of aromatic nitrogens is 1. The summed E-state index contributed by atoms with van der Waals surface area (Å²) in [5, 5.41) is 1.14. The highest BCUT2D eigenvalue weighted by molar-refractivity contribution is 7.18. The molecule has 1 aromatic carbocycles. The molecule has 5 rings (SSSR count). The summed E-state index contributed by atoms with van der Waals surface area (Å²) < 4.78 is 6.43. The first-order valence-electron chi connectivity index (χ1n) is 10.9. The summed E-state index contributed by atoms with van der Waals surface area (Å²) in [5.74, 6) is 0.791. The smallest absolute Gasteiger partial charge is 0.289 e. The van der Waals surface area contributed by atoms with Crippen LogP contribution in [0.1, 0.15) is 34.3 Å². The van der Waals surface area contributed by atoms with Gasteiger partial charge in [-0.1, -0.05) is 12.1 Å². The molecule has 2 aliphatic rings. The van der Waals surface area contributed by atoms with Gasteiger partial charge in [-0.2, -0.15) is 0 Å². The van der Waals surface area contributed by atoms with Gasteiger partial charge < -0.3 is 14.2 Å². The molecule has 0 aliphatic carbocycles. The predicted molar refractivity (Wildman–Crippen MR) is 119 cm³/mol. The largest absolute Gasteiger partial charge is 0.459 e. The van der Waals surface area contributed by atoms with Gasteiger partial charge in [0.15, 0.2) is 5.76 Å². The monoisotopic (exact) mass is 438 g/mol. The normalized spacial score (nSPS) is 20.3. The number of furan rings is 1. The minimum Gasteiger partial charge on any atom is -0.459 e. The van der Waals surface area contributed by atoms with Crippen molar-refractivity contribution in [3.63, 3.8) is 0 Å². The van der Waals surface area contributed by atoms with Crippen molar-refractivity contribution in [3.05, 3.63) is 53.4 Å². The highest BCUT2D eigenvalue weighted by Gasteiger charge is 2.29. The van der Waals surface area contributed by atoms with Crippen molar-refractivity contribution in [1.82, 2.24) is 19.7 Å². The molecule has 162 valence electrons. The third-order valence-electron chi connectivity index (χ3n) is 6.18. The molecule has 2 aliphatic heterocycles. The number of para-hydroxylation sites is 1. The number of benzene rings is 1. The molecule has 3 aromatic rings. The second-order valence-electron chi connectivity index (χ2n) is 8.24. The minimum atomic E-state index is -0.0781. The van der Waals surface area contributed by atoms with E-state index in [1.54, 1.807) is 28.4 Å². The fraction of sp³-hybridized carbons (Fsp3) is 0.435. The van der Waals surface area contributed by atoms with Crippen LogP contribution in [0, 0.1) is 0 Å². The Morgan fingerprint density at radius 3 is 2.65 bits per heavy atom. The van der Waals surface area contributed by atoms with Gasteiger partial charge in [-0.3, -0.25) is 14.5 Å². The van der Waals surface area contributed by atoms with Gasteiger partial charge in [0.2, 0.25) is 5.91 Å². The van der Waals surface area contributed by atoms with E-state index in [1.807, 2.05) is 17.0 Å². The van der Waals surface area contributed by atoms with Crippen LogP contribution in [0.2, 0.25) is 0 Å². The van der Waals surface area contributed by atoms with E-state index in [2.05, 4.69) is 17.0 Å². The topological polar surface area (TPSA) is 69.9 Å². The zero-order chi connectivity index (χ0) is 21.2. The Morgan fingerprint density at radius 2 is 1.87 bits per heavy atom. The van der Waals surface area contributed by atoms with E-state index in [0.717, 1.165) is 36.5 Å². The average Bonchev–Trinajstić information content (AvgIpc) is 3.49. The standard InChI is InChI=1S/C23H26N4O3S/c28-21(16-25-10-12-26(13-11-25)23(29)19-7-4-14-30-19)27-9-3-5-17(15-27)22-24-18-6-1-2-8-20(18)31-22/h1-2,4,6-8,14,17H,3,5,9-13,15-16H2/t17-/m1/s1. The number of piperazine rings is 1. The van der Waals surface area contributed by atoms with Gasteiger partial charge in [-0.05, 0) is 37.1 Å². The van der Waals surface area contributed by atoms with Gasteiger partial charge in [0.1, 0.15) is 0 Å². The number of carbonyl (C=O) groups excluding carboxylic acids is 2. The molecule has 2 saturated heterocycles. The van der Waals surface area contributed by atoms with Crippen molar-refractivity contribution in [2.45, 2.75) is 18.8 Å². The van der Waals surface area contributed by atoms with Crippen molar-refractivity contribution in [2.24, 2.45) is 0 Å². The van der Waals surface area contributed by atoms with Crippen LogP contribution >= 0.6 is 11.3 Å². The Labute approximate surface area is 185 Å². The van der Waals surface area contributed by atoms with E-state index in [0.29, 0.717) is 44.4 Å². The second-order valence-corrected chi connectivity index (χ2v) is 9.31. The van der Waals surface area contributed by atoms with Crippen LogP contribution in [0.25, 0.3) is 10.2 Å². The zero-order valence-corrected chi connectivity index (χ0v) is 18.2. The fourth-order valence-electron chi connectivity index (χ4n) is 4.43. The van der Waals surface area contributed by atoms with Crippen LogP contribution in [-0.4, -0.2) is 77.3 Å². The van der Waals surface area contributed by atoms with Crippen LogP contribution in [0.15, 0.2) is 47.1 Å². The van der Waals surface area contributed by atoms with Crippen LogP contribution < -0.4 is 0 Å². The summed E-state index contributed by atoms with van der Waals surface area (Å²) in [6.07, 6.45) is 3.61. The predicted octanol–water partition coefficient (Wildman–Crippen LogP) is 3.05. The maximum Gasteiger partial charge on any atom is 0.289 e. The van der Waals surface area contributed by atoms with Gasteiger partial charge in [0.25, 0.3) is 5.91 Å². The highest BCUT2D eigenvalue weighted by atomic mass is 32.1. The summed E-state index contributed by atoms with van der Waals surface area (Å²) >= 11 is 1.75. The van der Waals surface area contributed by atoms with Crippen molar-refractivity contribution in [2.75, 3.05) is 45.8 Å². The Hall–Kier alpha value is -2.71. The molecular weight excluding hydrogens is 412 g/mol. The molecule has 4 heterocycles. The van der Waals surface area contributed by atoms with Gasteiger partial charge in [-0.25, -0.2) is 4.98 Å². The summed E-state index contributed by atoms with van der Waals surface area (Å²) in [6, 6.07) is 11.6. The maximum absolute atomic E-state index is 13.0.